The van der Waals surface area contributed by atoms with E-state index >= 15 is 0 Å². The zero-order valence-electron chi connectivity index (χ0n) is 14.2. The minimum Gasteiger partial charge on any atom is -0.490 e. The van der Waals surface area contributed by atoms with Crippen LogP contribution < -0.4 is 10.1 Å². The number of aromatic nitrogens is 4. The zero-order valence-corrected chi connectivity index (χ0v) is 14.2. The van der Waals surface area contributed by atoms with Crippen LogP contribution in [0.2, 0.25) is 0 Å². The highest BCUT2D eigenvalue weighted by molar-refractivity contribution is 5.80. The van der Waals surface area contributed by atoms with Gasteiger partial charge in [-0.2, -0.15) is 4.68 Å². The van der Waals surface area contributed by atoms with Crippen LogP contribution in [0.15, 0.2) is 54.6 Å². The molecule has 8 nitrogen and oxygen atoms in total. The van der Waals surface area contributed by atoms with Gasteiger partial charge in [0.25, 0.3) is 5.91 Å². The first-order valence-electron chi connectivity index (χ1n) is 8.12. The molecule has 0 unspecified atom stereocenters. The van der Waals surface area contributed by atoms with Gasteiger partial charge in [-0.05, 0) is 41.1 Å². The fraction of sp³-hybridized carbons (Fsp3) is 0.222. The van der Waals surface area contributed by atoms with Crippen molar-refractivity contribution in [3.63, 3.8) is 0 Å². The summed E-state index contributed by atoms with van der Waals surface area (Å²) in [6.45, 7) is 1.84. The Hall–Kier alpha value is -3.26. The third-order valence-electron chi connectivity index (χ3n) is 3.75. The standard InChI is InChI=1S/C18H19N5O3/c1-13-7-5-6-10-16(13)26-12-15(24)18(25)19-11-17-20-21-22-23(17)14-8-3-2-4-9-14/h2-10,15,24H,11-12H2,1H3,(H,19,25)/t15-/m1/s1. The molecule has 1 heterocycles. The highest BCUT2D eigenvalue weighted by Crippen LogP contribution is 2.16. The fourth-order valence-corrected chi connectivity index (χ4v) is 2.33. The summed E-state index contributed by atoms with van der Waals surface area (Å²) in [6.07, 6.45) is -1.30. The molecule has 1 atom stereocenters. The molecule has 0 fully saturated rings. The van der Waals surface area contributed by atoms with E-state index in [1.54, 1.807) is 6.07 Å². The number of nitrogens with zero attached hydrogens (tertiary/aromatic N) is 4. The van der Waals surface area contributed by atoms with Gasteiger partial charge in [0, 0.05) is 0 Å². The Balaban J connectivity index is 1.54. The van der Waals surface area contributed by atoms with Crippen LogP contribution in [-0.4, -0.2) is 43.9 Å². The minimum absolute atomic E-state index is 0.0855. The summed E-state index contributed by atoms with van der Waals surface area (Å²) in [5.41, 5.74) is 1.72. The van der Waals surface area contributed by atoms with Crippen LogP contribution >= 0.6 is 0 Å². The number of hydrogen-bond acceptors (Lipinski definition) is 6. The summed E-state index contributed by atoms with van der Waals surface area (Å²) >= 11 is 0. The van der Waals surface area contributed by atoms with Crippen LogP contribution in [0.25, 0.3) is 5.69 Å². The predicted molar refractivity (Wildman–Crippen MR) is 93.7 cm³/mol. The van der Waals surface area contributed by atoms with Crippen LogP contribution in [0.4, 0.5) is 0 Å². The smallest absolute Gasteiger partial charge is 0.252 e. The Morgan fingerprint density at radius 1 is 1.19 bits per heavy atom. The van der Waals surface area contributed by atoms with Gasteiger partial charge in [-0.15, -0.1) is 5.10 Å². The van der Waals surface area contributed by atoms with Gasteiger partial charge >= 0.3 is 0 Å². The van der Waals surface area contributed by atoms with Crippen molar-refractivity contribution in [3.8, 4) is 11.4 Å². The average molecular weight is 353 g/mol. The number of rotatable bonds is 7. The van der Waals surface area contributed by atoms with Crippen molar-refractivity contribution in [3.05, 3.63) is 66.0 Å². The fourth-order valence-electron chi connectivity index (χ4n) is 2.33. The van der Waals surface area contributed by atoms with E-state index in [-0.39, 0.29) is 13.2 Å². The molecule has 0 aliphatic heterocycles. The number of ether oxygens (including phenoxy) is 1. The molecule has 0 aliphatic carbocycles. The summed E-state index contributed by atoms with van der Waals surface area (Å²) in [6, 6.07) is 16.7. The summed E-state index contributed by atoms with van der Waals surface area (Å²) in [5, 5.41) is 24.0. The number of para-hydroxylation sites is 2. The number of tetrazole rings is 1. The predicted octanol–water partition coefficient (Wildman–Crippen LogP) is 1.03. The van der Waals surface area contributed by atoms with E-state index in [1.165, 1.54) is 4.68 Å². The lowest BCUT2D eigenvalue weighted by molar-refractivity contribution is -0.130. The van der Waals surface area contributed by atoms with Gasteiger partial charge in [-0.3, -0.25) is 4.79 Å². The molecule has 0 spiro atoms. The first-order chi connectivity index (χ1) is 12.6. The van der Waals surface area contributed by atoms with Crippen molar-refractivity contribution >= 4 is 5.91 Å². The van der Waals surface area contributed by atoms with Crippen LogP contribution in [0.5, 0.6) is 5.75 Å². The van der Waals surface area contributed by atoms with E-state index in [4.69, 9.17) is 4.74 Å². The summed E-state index contributed by atoms with van der Waals surface area (Å²) in [5.74, 6) is 0.533. The summed E-state index contributed by atoms with van der Waals surface area (Å²) < 4.78 is 7.02. The Bertz CT molecular complexity index is 866. The van der Waals surface area contributed by atoms with Crippen molar-refractivity contribution in [2.75, 3.05) is 6.61 Å². The van der Waals surface area contributed by atoms with Crippen molar-refractivity contribution in [1.29, 1.82) is 0 Å². The lowest BCUT2D eigenvalue weighted by atomic mass is 10.2. The maximum atomic E-state index is 12.1. The average Bonchev–Trinajstić information content (AvgIpc) is 3.14. The third kappa shape index (κ3) is 4.22. The first-order valence-corrected chi connectivity index (χ1v) is 8.12. The monoisotopic (exact) mass is 353 g/mol. The van der Waals surface area contributed by atoms with Crippen LogP contribution in [-0.2, 0) is 11.3 Å². The van der Waals surface area contributed by atoms with Crippen LogP contribution in [0, 0.1) is 6.92 Å². The van der Waals surface area contributed by atoms with E-state index < -0.39 is 12.0 Å². The molecule has 2 N–H and O–H groups in total. The van der Waals surface area contributed by atoms with E-state index in [2.05, 4.69) is 20.8 Å². The van der Waals surface area contributed by atoms with E-state index in [0.29, 0.717) is 11.6 Å². The number of hydrogen-bond donors (Lipinski definition) is 2. The van der Waals surface area contributed by atoms with Crippen molar-refractivity contribution in [2.45, 2.75) is 19.6 Å². The second kappa shape index (κ2) is 8.21. The normalized spacial score (nSPS) is 11.8. The molecule has 0 bridgehead atoms. The molecule has 0 saturated heterocycles. The number of carbonyl (C=O) groups is 1. The van der Waals surface area contributed by atoms with Gasteiger partial charge in [0.2, 0.25) is 0 Å². The van der Waals surface area contributed by atoms with Gasteiger partial charge in [0.1, 0.15) is 12.4 Å². The molecule has 3 aromatic rings. The lowest BCUT2D eigenvalue weighted by Crippen LogP contribution is -2.38. The largest absolute Gasteiger partial charge is 0.490 e. The molecular weight excluding hydrogens is 334 g/mol. The molecule has 3 rings (SSSR count). The minimum atomic E-state index is -1.30. The van der Waals surface area contributed by atoms with E-state index in [9.17, 15) is 9.90 Å². The van der Waals surface area contributed by atoms with Crippen molar-refractivity contribution < 1.29 is 14.6 Å². The number of aliphatic hydroxyl groups is 1. The second-order valence-electron chi connectivity index (χ2n) is 5.65. The van der Waals surface area contributed by atoms with Crippen LogP contribution in [0.1, 0.15) is 11.4 Å². The molecule has 1 amide bonds. The lowest BCUT2D eigenvalue weighted by Gasteiger charge is -2.13. The molecule has 26 heavy (non-hydrogen) atoms. The van der Waals surface area contributed by atoms with Crippen molar-refractivity contribution in [1.82, 2.24) is 25.5 Å². The number of nitrogens with one attached hydrogen (secondary N) is 1. The molecular formula is C18H19N5O3. The van der Waals surface area contributed by atoms with E-state index in [0.717, 1.165) is 11.3 Å². The number of amides is 1. The number of aryl methyl sites for hydroxylation is 1. The maximum Gasteiger partial charge on any atom is 0.252 e. The first kappa shape index (κ1) is 17.6. The second-order valence-corrected chi connectivity index (χ2v) is 5.65. The quantitative estimate of drug-likeness (QED) is 0.658. The summed E-state index contributed by atoms with van der Waals surface area (Å²) in [7, 11) is 0. The highest BCUT2D eigenvalue weighted by atomic mass is 16.5. The number of benzene rings is 2. The van der Waals surface area contributed by atoms with Gasteiger partial charge in [-0.1, -0.05) is 36.4 Å². The molecule has 0 saturated carbocycles. The molecule has 0 radical (unpaired) electrons. The number of aliphatic hydroxyl groups excluding tert-OH is 1. The number of carbonyl (C=O) groups excluding carboxylic acids is 1. The topological polar surface area (TPSA) is 102 Å². The van der Waals surface area contributed by atoms with E-state index in [1.807, 2.05) is 55.5 Å². The Morgan fingerprint density at radius 2 is 1.92 bits per heavy atom. The zero-order chi connectivity index (χ0) is 18.4. The van der Waals surface area contributed by atoms with Gasteiger partial charge in [-0.25, -0.2) is 0 Å². The molecule has 134 valence electrons. The molecule has 2 aromatic carbocycles. The molecule has 1 aromatic heterocycles. The van der Waals surface area contributed by atoms with Gasteiger partial charge in [0.15, 0.2) is 11.9 Å². The molecule has 8 heteroatoms. The highest BCUT2D eigenvalue weighted by Gasteiger charge is 2.17. The van der Waals surface area contributed by atoms with Crippen LogP contribution in [0.3, 0.4) is 0 Å². The maximum absolute atomic E-state index is 12.1. The van der Waals surface area contributed by atoms with Gasteiger partial charge in [0.05, 0.1) is 12.2 Å². The third-order valence-corrected chi connectivity index (χ3v) is 3.75. The van der Waals surface area contributed by atoms with Crippen molar-refractivity contribution in [2.24, 2.45) is 0 Å². The Labute approximate surface area is 150 Å². The molecule has 0 aliphatic rings. The van der Waals surface area contributed by atoms with Gasteiger partial charge < -0.3 is 15.2 Å². The Kier molecular flexibility index (Phi) is 5.55. The Morgan fingerprint density at radius 3 is 2.69 bits per heavy atom. The summed E-state index contributed by atoms with van der Waals surface area (Å²) in [4.78, 5) is 12.1. The SMILES string of the molecule is Cc1ccccc1OC[C@@H](O)C(=O)NCc1nnnn1-c1ccccc1.